The molecule has 1 aliphatic carbocycles. The number of fused-ring (bicyclic) bond motifs is 3. The Kier molecular flexibility index (Phi) is 8.23. The molecule has 0 saturated heterocycles. The van der Waals surface area contributed by atoms with E-state index >= 15 is 0 Å². The van der Waals surface area contributed by atoms with Crippen molar-refractivity contribution in [1.29, 1.82) is 0 Å². The van der Waals surface area contributed by atoms with E-state index in [0.29, 0.717) is 6.54 Å². The van der Waals surface area contributed by atoms with Gasteiger partial charge >= 0.3 is 0 Å². The third-order valence-corrected chi connectivity index (χ3v) is 8.67. The van der Waals surface area contributed by atoms with Gasteiger partial charge in [-0.3, -0.25) is 0 Å². The van der Waals surface area contributed by atoms with E-state index in [9.17, 15) is 0 Å². The molecule has 1 aliphatic heterocycles. The number of hydrogen-bond donors (Lipinski definition) is 2. The zero-order chi connectivity index (χ0) is 30.6. The number of nitrogens with two attached hydrogens (primary N) is 2. The van der Waals surface area contributed by atoms with Crippen LogP contribution in [-0.4, -0.2) is 16.8 Å². The Hall–Kier alpha value is -5.25. The third-order valence-electron chi connectivity index (χ3n) is 8.67. The number of nitrogens with zero attached hydrogens (tertiary/aromatic N) is 1. The van der Waals surface area contributed by atoms with E-state index < -0.39 is 0 Å². The Morgan fingerprint density at radius 3 is 2.20 bits per heavy atom. The number of hydrogen-bond acceptors (Lipinski definition) is 2. The first-order chi connectivity index (χ1) is 21.6. The van der Waals surface area contributed by atoms with E-state index in [1.54, 1.807) is 6.20 Å². The van der Waals surface area contributed by atoms with Crippen LogP contribution in [0.15, 0.2) is 146 Å². The molecule has 0 fully saturated rings. The lowest BCUT2D eigenvalue weighted by atomic mass is 9.81. The average Bonchev–Trinajstić information content (AvgIpc) is 3.06. The molecule has 3 heteroatoms. The summed E-state index contributed by atoms with van der Waals surface area (Å²) in [5.41, 5.74) is 26.4. The SMILES string of the molecule is C=C/C=C(\CN)c1ccc2c(c1)CCC1=C2[N+](c2ccccc2)=C1/C=C\C(=C/C)c1ccc(/C(C=C)=C/N)c2ccccc12. The molecule has 0 bridgehead atoms. The lowest BCUT2D eigenvalue weighted by Crippen LogP contribution is -2.31. The van der Waals surface area contributed by atoms with Crippen LogP contribution in [0, 0.1) is 0 Å². The molecule has 6 rings (SSSR count). The first-order valence-corrected chi connectivity index (χ1v) is 15.2. The molecule has 0 spiro atoms. The predicted octanol–water partition coefficient (Wildman–Crippen LogP) is 8.97. The molecular weight excluding hydrogens is 534 g/mol. The third kappa shape index (κ3) is 5.02. The van der Waals surface area contributed by atoms with Crippen molar-refractivity contribution in [3.8, 4) is 0 Å². The van der Waals surface area contributed by atoms with Crippen LogP contribution in [0.2, 0.25) is 0 Å². The summed E-state index contributed by atoms with van der Waals surface area (Å²) >= 11 is 0. The van der Waals surface area contributed by atoms with Gasteiger partial charge in [0.25, 0.3) is 0 Å². The van der Waals surface area contributed by atoms with E-state index in [2.05, 4.69) is 128 Å². The zero-order valence-corrected chi connectivity index (χ0v) is 25.3. The van der Waals surface area contributed by atoms with Crippen LogP contribution in [0.4, 0.5) is 5.69 Å². The van der Waals surface area contributed by atoms with Crippen molar-refractivity contribution in [2.24, 2.45) is 11.5 Å². The number of para-hydroxylation sites is 1. The topological polar surface area (TPSA) is 55.0 Å². The largest absolute Gasteiger partial charge is 0.404 e. The molecule has 0 saturated carbocycles. The van der Waals surface area contributed by atoms with Gasteiger partial charge in [-0.05, 0) is 81.7 Å². The molecule has 216 valence electrons. The van der Waals surface area contributed by atoms with Crippen LogP contribution < -0.4 is 11.5 Å². The Morgan fingerprint density at radius 2 is 1.57 bits per heavy atom. The highest BCUT2D eigenvalue weighted by Crippen LogP contribution is 2.43. The lowest BCUT2D eigenvalue weighted by molar-refractivity contribution is -0.344. The van der Waals surface area contributed by atoms with Crippen molar-refractivity contribution in [1.82, 2.24) is 0 Å². The predicted molar refractivity (Wildman–Crippen MR) is 189 cm³/mol. The molecule has 2 aliphatic rings. The van der Waals surface area contributed by atoms with Gasteiger partial charge in [0, 0.05) is 31.0 Å². The fraction of sp³-hybridized carbons (Fsp3) is 0.0976. The molecule has 4 N–H and O–H groups in total. The summed E-state index contributed by atoms with van der Waals surface area (Å²) in [4.78, 5) is 0. The van der Waals surface area contributed by atoms with Crippen molar-refractivity contribution in [3.63, 3.8) is 0 Å². The van der Waals surface area contributed by atoms with Crippen LogP contribution in [0.3, 0.4) is 0 Å². The Bertz CT molecular complexity index is 1980. The maximum atomic E-state index is 6.06. The molecule has 0 unspecified atom stereocenters. The van der Waals surface area contributed by atoms with Gasteiger partial charge in [-0.25, -0.2) is 0 Å². The van der Waals surface area contributed by atoms with Gasteiger partial charge in [0.15, 0.2) is 0 Å². The van der Waals surface area contributed by atoms with E-state index in [1.807, 2.05) is 18.2 Å². The highest BCUT2D eigenvalue weighted by atomic mass is 15.1. The monoisotopic (exact) mass is 572 g/mol. The summed E-state index contributed by atoms with van der Waals surface area (Å²) in [6.45, 7) is 10.4. The van der Waals surface area contributed by atoms with Gasteiger partial charge in [-0.1, -0.05) is 104 Å². The van der Waals surface area contributed by atoms with Gasteiger partial charge in [-0.2, -0.15) is 4.58 Å². The van der Waals surface area contributed by atoms with E-state index in [4.69, 9.17) is 11.5 Å². The smallest absolute Gasteiger partial charge is 0.229 e. The number of allylic oxidation sites excluding steroid dienone is 9. The summed E-state index contributed by atoms with van der Waals surface area (Å²) in [7, 11) is 0. The first-order valence-electron chi connectivity index (χ1n) is 15.2. The Morgan fingerprint density at radius 1 is 0.864 bits per heavy atom. The quantitative estimate of drug-likeness (QED) is 0.155. The fourth-order valence-corrected chi connectivity index (χ4v) is 6.50. The minimum atomic E-state index is 0.488. The lowest BCUT2D eigenvalue weighted by Gasteiger charge is -2.28. The van der Waals surface area contributed by atoms with Crippen LogP contribution in [0.25, 0.3) is 33.2 Å². The number of rotatable bonds is 9. The van der Waals surface area contributed by atoms with Crippen LogP contribution in [-0.2, 0) is 6.42 Å². The molecule has 4 aromatic carbocycles. The summed E-state index contributed by atoms with van der Waals surface area (Å²) in [5.74, 6) is 0. The highest BCUT2D eigenvalue weighted by Gasteiger charge is 2.42. The van der Waals surface area contributed by atoms with Gasteiger partial charge in [0.1, 0.15) is 0 Å². The second-order valence-electron chi connectivity index (χ2n) is 11.0. The standard InChI is InChI=1S/C41H38N3/c1-4-12-32(27-43)30-17-20-36-31(25-30)18-21-39-40(44(41(36)39)33-13-8-7-9-14-33)24-19-28(5-2)34-22-23-35(29(6-3)26-42)38-16-11-10-15-37(34)38/h4-17,19-20,22-26H,1,3,18,21,27,42-43H2,2H3/q+1/b24-19-,28-5+,29-26+,32-12+. The van der Waals surface area contributed by atoms with Crippen molar-refractivity contribution < 1.29 is 4.58 Å². The fourth-order valence-electron chi connectivity index (χ4n) is 6.50. The minimum Gasteiger partial charge on any atom is -0.404 e. The van der Waals surface area contributed by atoms with Gasteiger partial charge in [0.2, 0.25) is 17.1 Å². The average molecular weight is 573 g/mol. The van der Waals surface area contributed by atoms with E-state index in [0.717, 1.165) is 34.9 Å². The van der Waals surface area contributed by atoms with Gasteiger partial charge in [-0.15, -0.1) is 0 Å². The van der Waals surface area contributed by atoms with Gasteiger partial charge in [0.05, 0.1) is 11.1 Å². The molecular formula is C41H38N3+. The molecule has 0 aromatic heterocycles. The molecule has 0 atom stereocenters. The van der Waals surface area contributed by atoms with Crippen LogP contribution in [0.5, 0.6) is 0 Å². The van der Waals surface area contributed by atoms with Crippen molar-refractivity contribution in [3.05, 3.63) is 174 Å². The maximum Gasteiger partial charge on any atom is 0.229 e. The summed E-state index contributed by atoms with van der Waals surface area (Å²) in [6, 6.07) is 30.3. The first kappa shape index (κ1) is 28.9. The number of benzene rings is 4. The second-order valence-corrected chi connectivity index (χ2v) is 11.0. The number of aryl methyl sites for hydroxylation is 1. The highest BCUT2D eigenvalue weighted by molar-refractivity contribution is 6.17. The maximum absolute atomic E-state index is 6.06. The molecule has 0 amide bonds. The Labute approximate surface area is 260 Å². The summed E-state index contributed by atoms with van der Waals surface area (Å²) < 4.78 is 2.41. The van der Waals surface area contributed by atoms with Crippen molar-refractivity contribution >= 4 is 44.6 Å². The second kappa shape index (κ2) is 12.5. The molecule has 4 aromatic rings. The summed E-state index contributed by atoms with van der Waals surface area (Å²) in [6.07, 6.45) is 16.0. The van der Waals surface area contributed by atoms with Crippen molar-refractivity contribution in [2.75, 3.05) is 6.54 Å². The van der Waals surface area contributed by atoms with E-state index in [-0.39, 0.29) is 0 Å². The van der Waals surface area contributed by atoms with Gasteiger partial charge < -0.3 is 11.5 Å². The molecule has 3 nitrogen and oxygen atoms in total. The molecule has 0 radical (unpaired) electrons. The minimum absolute atomic E-state index is 0.488. The zero-order valence-electron chi connectivity index (χ0n) is 25.3. The van der Waals surface area contributed by atoms with Crippen LogP contribution >= 0.6 is 0 Å². The Balaban J connectivity index is 1.42. The normalized spacial score (nSPS) is 15.4. The van der Waals surface area contributed by atoms with Crippen LogP contribution in [0.1, 0.15) is 41.2 Å². The molecule has 44 heavy (non-hydrogen) atoms. The van der Waals surface area contributed by atoms with E-state index in [1.165, 1.54) is 55.9 Å². The summed E-state index contributed by atoms with van der Waals surface area (Å²) in [5, 5.41) is 2.35. The van der Waals surface area contributed by atoms with Crippen molar-refractivity contribution in [2.45, 2.75) is 19.8 Å². The molecule has 1 heterocycles.